The third kappa shape index (κ3) is 5.27. The minimum Gasteiger partial charge on any atom is -0.386 e. The van der Waals surface area contributed by atoms with E-state index in [1.807, 2.05) is 0 Å². The highest BCUT2D eigenvalue weighted by Gasteiger charge is 2.15. The lowest BCUT2D eigenvalue weighted by Crippen LogP contribution is -2.38. The van der Waals surface area contributed by atoms with Gasteiger partial charge in [0.15, 0.2) is 0 Å². The molecular formula is C15H21ClN4O. The minimum atomic E-state index is -0.154. The van der Waals surface area contributed by atoms with Gasteiger partial charge in [0.1, 0.15) is 5.84 Å². The van der Waals surface area contributed by atoms with Crippen LogP contribution >= 0.6 is 11.6 Å². The smallest absolute Gasteiger partial charge is 0.319 e. The number of hydrogen-bond donors (Lipinski definition) is 3. The molecule has 0 spiro atoms. The number of anilines is 1. The highest BCUT2D eigenvalue weighted by Crippen LogP contribution is 2.18. The van der Waals surface area contributed by atoms with Crippen molar-refractivity contribution in [1.82, 2.24) is 5.32 Å². The van der Waals surface area contributed by atoms with Crippen LogP contribution < -0.4 is 16.4 Å². The number of aliphatic imine (C=N–C) groups is 1. The Morgan fingerprint density at radius 2 is 1.90 bits per heavy atom. The summed E-state index contributed by atoms with van der Waals surface area (Å²) >= 11 is 5.57. The van der Waals surface area contributed by atoms with Gasteiger partial charge in [0.25, 0.3) is 0 Å². The second-order valence-electron chi connectivity index (χ2n) is 5.22. The van der Waals surface area contributed by atoms with Crippen molar-refractivity contribution in [3.63, 3.8) is 0 Å². The molecule has 1 aromatic rings. The van der Waals surface area contributed by atoms with Gasteiger partial charge in [-0.1, -0.05) is 19.3 Å². The Kier molecular flexibility index (Phi) is 5.87. The summed E-state index contributed by atoms with van der Waals surface area (Å²) in [6.07, 6.45) is 5.80. The molecule has 0 atom stereocenters. The quantitative estimate of drug-likeness (QED) is 0.453. The Bertz CT molecular complexity index is 495. The molecule has 114 valence electrons. The molecule has 5 nitrogen and oxygen atoms in total. The van der Waals surface area contributed by atoms with Crippen molar-refractivity contribution in [3.8, 4) is 0 Å². The number of nitrogens with one attached hydrogen (secondary N) is 2. The van der Waals surface area contributed by atoms with E-state index in [1.54, 1.807) is 24.3 Å². The molecule has 0 saturated heterocycles. The van der Waals surface area contributed by atoms with Gasteiger partial charge in [0.2, 0.25) is 0 Å². The normalized spacial score (nSPS) is 16.5. The maximum absolute atomic E-state index is 11.9. The number of rotatable bonds is 4. The van der Waals surface area contributed by atoms with E-state index in [1.165, 1.54) is 19.3 Å². The lowest BCUT2D eigenvalue weighted by molar-refractivity contribution is 0.244. The summed E-state index contributed by atoms with van der Waals surface area (Å²) in [5.74, 6) is 0.566. The molecule has 2 rings (SSSR count). The number of nitrogens with two attached hydrogens (primary N) is 1. The van der Waals surface area contributed by atoms with Crippen LogP contribution in [0.4, 0.5) is 16.2 Å². The number of urea groups is 1. The van der Waals surface area contributed by atoms with E-state index in [2.05, 4.69) is 15.6 Å². The molecule has 21 heavy (non-hydrogen) atoms. The van der Waals surface area contributed by atoms with Crippen LogP contribution in [0.15, 0.2) is 29.3 Å². The fourth-order valence-corrected chi connectivity index (χ4v) is 2.47. The van der Waals surface area contributed by atoms with Crippen LogP contribution in [-0.4, -0.2) is 23.8 Å². The van der Waals surface area contributed by atoms with E-state index in [0.717, 1.165) is 18.5 Å². The van der Waals surface area contributed by atoms with Crippen LogP contribution in [0, 0.1) is 0 Å². The van der Waals surface area contributed by atoms with E-state index in [9.17, 15) is 4.79 Å². The predicted octanol–water partition coefficient (Wildman–Crippen LogP) is 3.37. The molecule has 6 heteroatoms. The summed E-state index contributed by atoms with van der Waals surface area (Å²) in [5, 5.41) is 5.84. The van der Waals surface area contributed by atoms with Gasteiger partial charge in [-0.05, 0) is 37.1 Å². The molecule has 1 fully saturated rings. The first-order chi connectivity index (χ1) is 10.2. The number of hydrogen-bond acceptors (Lipinski definition) is 2. The monoisotopic (exact) mass is 308 g/mol. The molecule has 1 aliphatic rings. The van der Waals surface area contributed by atoms with Gasteiger partial charge in [-0.25, -0.2) is 9.79 Å². The summed E-state index contributed by atoms with van der Waals surface area (Å²) in [5.41, 5.74) is 7.01. The molecule has 0 aliphatic heterocycles. The third-order valence-corrected chi connectivity index (χ3v) is 3.75. The second-order valence-corrected chi connectivity index (χ2v) is 5.48. The lowest BCUT2D eigenvalue weighted by Gasteiger charge is -2.22. The average Bonchev–Trinajstić information content (AvgIpc) is 2.50. The summed E-state index contributed by atoms with van der Waals surface area (Å²) in [6, 6.07) is 7.30. The topological polar surface area (TPSA) is 79.5 Å². The summed E-state index contributed by atoms with van der Waals surface area (Å²) < 4.78 is 0. The second kappa shape index (κ2) is 7.88. The Labute approximate surface area is 130 Å². The van der Waals surface area contributed by atoms with Crippen molar-refractivity contribution in [3.05, 3.63) is 24.3 Å². The van der Waals surface area contributed by atoms with Crippen molar-refractivity contribution in [2.75, 3.05) is 11.2 Å². The van der Waals surface area contributed by atoms with E-state index in [4.69, 9.17) is 17.3 Å². The van der Waals surface area contributed by atoms with Crippen molar-refractivity contribution >= 4 is 34.8 Å². The van der Waals surface area contributed by atoms with E-state index in [0.29, 0.717) is 17.6 Å². The Morgan fingerprint density at radius 3 is 2.52 bits per heavy atom. The largest absolute Gasteiger partial charge is 0.386 e. The van der Waals surface area contributed by atoms with Crippen molar-refractivity contribution < 1.29 is 4.79 Å². The first-order valence-corrected chi connectivity index (χ1v) is 7.77. The minimum absolute atomic E-state index is 0.154. The molecule has 1 aliphatic carbocycles. The summed E-state index contributed by atoms with van der Waals surface area (Å²) in [6.45, 7) is 0. The fraction of sp³-hybridized carbons (Fsp3) is 0.467. The lowest BCUT2D eigenvalue weighted by atomic mass is 9.96. The number of nitrogens with zero attached hydrogens (tertiary/aromatic N) is 1. The molecule has 0 heterocycles. The van der Waals surface area contributed by atoms with Gasteiger partial charge in [-0.3, -0.25) is 0 Å². The van der Waals surface area contributed by atoms with Crippen LogP contribution in [0.25, 0.3) is 0 Å². The molecule has 0 unspecified atom stereocenters. The zero-order valence-corrected chi connectivity index (χ0v) is 12.7. The standard InChI is InChI=1S/C15H21ClN4O/c16-10-14(17)18-12-6-8-13(9-7-12)20-15(21)19-11-4-2-1-3-5-11/h6-9,11H,1-5,10H2,(H2,17,18)(H2,19,20,21). The Hall–Kier alpha value is -1.75. The molecule has 0 bridgehead atoms. The number of amides is 2. The highest BCUT2D eigenvalue weighted by molar-refractivity contribution is 6.28. The van der Waals surface area contributed by atoms with Crippen molar-refractivity contribution in [2.24, 2.45) is 10.7 Å². The number of benzene rings is 1. The molecule has 2 amide bonds. The Balaban J connectivity index is 1.86. The number of amidine groups is 1. The van der Waals surface area contributed by atoms with E-state index >= 15 is 0 Å². The van der Waals surface area contributed by atoms with Crippen LogP contribution in [-0.2, 0) is 0 Å². The van der Waals surface area contributed by atoms with Crippen LogP contribution in [0.5, 0.6) is 0 Å². The first-order valence-electron chi connectivity index (χ1n) is 7.24. The molecule has 1 aromatic carbocycles. The van der Waals surface area contributed by atoms with Crippen molar-refractivity contribution in [1.29, 1.82) is 0 Å². The number of carbonyl (C=O) groups is 1. The summed E-state index contributed by atoms with van der Waals surface area (Å²) in [4.78, 5) is 16.0. The SMILES string of the molecule is NC(CCl)=Nc1ccc(NC(=O)NC2CCCCC2)cc1. The predicted molar refractivity (Wildman–Crippen MR) is 87.5 cm³/mol. The molecule has 0 aromatic heterocycles. The fourth-order valence-electron chi connectivity index (χ4n) is 2.41. The number of alkyl halides is 1. The number of halogens is 1. The first kappa shape index (κ1) is 15.6. The van der Waals surface area contributed by atoms with Crippen LogP contribution in [0.1, 0.15) is 32.1 Å². The van der Waals surface area contributed by atoms with Crippen molar-refractivity contribution in [2.45, 2.75) is 38.1 Å². The zero-order valence-electron chi connectivity index (χ0n) is 11.9. The van der Waals surface area contributed by atoms with Gasteiger partial charge < -0.3 is 16.4 Å². The summed E-state index contributed by atoms with van der Waals surface area (Å²) in [7, 11) is 0. The van der Waals surface area contributed by atoms with Gasteiger partial charge in [-0.2, -0.15) is 0 Å². The van der Waals surface area contributed by atoms with Gasteiger partial charge in [0, 0.05) is 11.7 Å². The number of carbonyl (C=O) groups excluding carboxylic acids is 1. The van der Waals surface area contributed by atoms with Crippen LogP contribution in [0.3, 0.4) is 0 Å². The average molecular weight is 309 g/mol. The maximum Gasteiger partial charge on any atom is 0.319 e. The van der Waals surface area contributed by atoms with Gasteiger partial charge in [-0.15, -0.1) is 11.6 Å². The van der Waals surface area contributed by atoms with E-state index < -0.39 is 0 Å². The maximum atomic E-state index is 11.9. The molecule has 0 radical (unpaired) electrons. The molecular weight excluding hydrogens is 288 g/mol. The third-order valence-electron chi connectivity index (χ3n) is 3.48. The van der Waals surface area contributed by atoms with Crippen LogP contribution in [0.2, 0.25) is 0 Å². The van der Waals surface area contributed by atoms with E-state index in [-0.39, 0.29) is 11.9 Å². The Morgan fingerprint density at radius 1 is 1.24 bits per heavy atom. The van der Waals surface area contributed by atoms with Gasteiger partial charge in [0.05, 0.1) is 11.6 Å². The van der Waals surface area contributed by atoms with Gasteiger partial charge >= 0.3 is 6.03 Å². The zero-order chi connectivity index (χ0) is 15.1. The molecule has 4 N–H and O–H groups in total. The highest BCUT2D eigenvalue weighted by atomic mass is 35.5. The molecule has 1 saturated carbocycles.